The fourth-order valence-corrected chi connectivity index (χ4v) is 2.71. The van der Waals surface area contributed by atoms with Crippen LogP contribution in [-0.2, 0) is 14.3 Å². The molecule has 2 aromatic carbocycles. The largest absolute Gasteiger partial charge is 0.494 e. The van der Waals surface area contributed by atoms with Gasteiger partial charge in [-0.15, -0.1) is 0 Å². The van der Waals surface area contributed by atoms with Crippen molar-refractivity contribution in [3.05, 3.63) is 72.3 Å². The van der Waals surface area contributed by atoms with Crippen molar-refractivity contribution in [3.63, 3.8) is 0 Å². The molecule has 176 valence electrons. The molecule has 0 saturated carbocycles. The molecule has 2 aromatic rings. The third-order valence-electron chi connectivity index (χ3n) is 4.43. The Hall–Kier alpha value is -3.65. The van der Waals surface area contributed by atoms with E-state index in [2.05, 4.69) is 6.58 Å². The SMILES string of the molecule is C=CC(=O)OCCCCCCOc1ccc(C(=O)Oc2ccc(C(=O)OCCO)cc2)cc1. The molecule has 0 atom stereocenters. The lowest BCUT2D eigenvalue weighted by Crippen LogP contribution is -2.10. The van der Waals surface area contributed by atoms with Gasteiger partial charge in [0.1, 0.15) is 18.1 Å². The van der Waals surface area contributed by atoms with Gasteiger partial charge in [0.25, 0.3) is 0 Å². The van der Waals surface area contributed by atoms with Crippen LogP contribution in [0.1, 0.15) is 46.4 Å². The first-order valence-corrected chi connectivity index (χ1v) is 10.7. The topological polar surface area (TPSA) is 108 Å². The van der Waals surface area contributed by atoms with Gasteiger partial charge in [0, 0.05) is 6.08 Å². The minimum atomic E-state index is -0.563. The molecule has 2 rings (SSSR count). The number of hydrogen-bond acceptors (Lipinski definition) is 8. The highest BCUT2D eigenvalue weighted by atomic mass is 16.5. The molecule has 8 heteroatoms. The number of carbonyl (C=O) groups is 3. The molecular weight excluding hydrogens is 428 g/mol. The van der Waals surface area contributed by atoms with E-state index >= 15 is 0 Å². The average molecular weight is 456 g/mol. The summed E-state index contributed by atoms with van der Waals surface area (Å²) in [5.41, 5.74) is 0.656. The Balaban J connectivity index is 1.69. The lowest BCUT2D eigenvalue weighted by molar-refractivity contribution is -0.137. The summed E-state index contributed by atoms with van der Waals surface area (Å²) in [5, 5.41) is 8.68. The predicted octanol–water partition coefficient (Wildman–Crippen LogP) is 3.72. The molecule has 8 nitrogen and oxygen atoms in total. The van der Waals surface area contributed by atoms with Crippen LogP contribution in [0.5, 0.6) is 11.5 Å². The van der Waals surface area contributed by atoms with Gasteiger partial charge in [0.05, 0.1) is 30.9 Å². The van der Waals surface area contributed by atoms with Crippen LogP contribution < -0.4 is 9.47 Å². The predicted molar refractivity (Wildman–Crippen MR) is 120 cm³/mol. The van der Waals surface area contributed by atoms with Gasteiger partial charge in [-0.1, -0.05) is 6.58 Å². The van der Waals surface area contributed by atoms with E-state index < -0.39 is 17.9 Å². The molecule has 0 spiro atoms. The lowest BCUT2D eigenvalue weighted by Gasteiger charge is -2.08. The van der Waals surface area contributed by atoms with Crippen LogP contribution in [0.25, 0.3) is 0 Å². The van der Waals surface area contributed by atoms with Gasteiger partial charge >= 0.3 is 17.9 Å². The van der Waals surface area contributed by atoms with Gasteiger partial charge < -0.3 is 24.1 Å². The maximum atomic E-state index is 12.3. The molecule has 0 aliphatic rings. The summed E-state index contributed by atoms with van der Waals surface area (Å²) in [6.45, 7) is 3.95. The molecule has 1 N–H and O–H groups in total. The van der Waals surface area contributed by atoms with Gasteiger partial charge in [-0.3, -0.25) is 0 Å². The van der Waals surface area contributed by atoms with Crippen LogP contribution in [0.3, 0.4) is 0 Å². The molecular formula is C25H28O8. The number of benzene rings is 2. The van der Waals surface area contributed by atoms with Gasteiger partial charge in [-0.25, -0.2) is 14.4 Å². The summed E-state index contributed by atoms with van der Waals surface area (Å²) in [6.07, 6.45) is 4.70. The number of hydrogen-bond donors (Lipinski definition) is 1. The molecule has 0 amide bonds. The third kappa shape index (κ3) is 9.57. The molecule has 0 saturated heterocycles. The molecule has 0 aliphatic heterocycles. The maximum Gasteiger partial charge on any atom is 0.343 e. The second-order valence-corrected chi connectivity index (χ2v) is 6.93. The van der Waals surface area contributed by atoms with E-state index in [1.165, 1.54) is 24.3 Å². The molecule has 0 heterocycles. The monoisotopic (exact) mass is 456 g/mol. The number of esters is 3. The zero-order chi connectivity index (χ0) is 23.9. The second kappa shape index (κ2) is 14.4. The quantitative estimate of drug-likeness (QED) is 0.198. The zero-order valence-corrected chi connectivity index (χ0v) is 18.4. The van der Waals surface area contributed by atoms with Crippen LogP contribution in [-0.4, -0.2) is 49.4 Å². The van der Waals surface area contributed by atoms with Crippen LogP contribution in [0.15, 0.2) is 61.2 Å². The fraction of sp³-hybridized carbons (Fsp3) is 0.320. The third-order valence-corrected chi connectivity index (χ3v) is 4.43. The summed E-state index contributed by atoms with van der Waals surface area (Å²) in [6, 6.07) is 12.6. The Bertz CT molecular complexity index is 903. The molecule has 0 aromatic heterocycles. The Kier molecular flexibility index (Phi) is 11.2. The molecule has 0 aliphatic carbocycles. The van der Waals surface area contributed by atoms with Crippen molar-refractivity contribution in [1.82, 2.24) is 0 Å². The Morgan fingerprint density at radius 3 is 1.91 bits per heavy atom. The molecule has 0 radical (unpaired) electrons. The summed E-state index contributed by atoms with van der Waals surface area (Å²) in [5.74, 6) is -0.559. The smallest absolute Gasteiger partial charge is 0.343 e. The van der Waals surface area contributed by atoms with Crippen LogP contribution in [0, 0.1) is 0 Å². The summed E-state index contributed by atoms with van der Waals surface area (Å²) in [7, 11) is 0. The van der Waals surface area contributed by atoms with Crippen LogP contribution in [0.2, 0.25) is 0 Å². The van der Waals surface area contributed by atoms with E-state index in [9.17, 15) is 14.4 Å². The number of rotatable bonds is 14. The first-order valence-electron chi connectivity index (χ1n) is 10.7. The van der Waals surface area contributed by atoms with Crippen LogP contribution >= 0.6 is 0 Å². The number of unbranched alkanes of at least 4 members (excludes halogenated alkanes) is 3. The van der Waals surface area contributed by atoms with Gasteiger partial charge in [-0.05, 0) is 74.2 Å². The zero-order valence-electron chi connectivity index (χ0n) is 18.4. The number of aliphatic hydroxyl groups is 1. The minimum absolute atomic E-state index is 0.0791. The van der Waals surface area contributed by atoms with Gasteiger partial charge in [0.15, 0.2) is 0 Å². The highest BCUT2D eigenvalue weighted by molar-refractivity contribution is 5.92. The van der Waals surface area contributed by atoms with E-state index in [-0.39, 0.29) is 13.2 Å². The van der Waals surface area contributed by atoms with E-state index in [4.69, 9.17) is 24.1 Å². The standard InChI is InChI=1S/C25H28O8/c1-2-23(27)31-17-6-4-3-5-16-30-21-11-7-20(8-12-21)25(29)33-22-13-9-19(10-14-22)24(28)32-18-15-26/h2,7-14,26H,1,3-6,15-18H2. The maximum absolute atomic E-state index is 12.3. The second-order valence-electron chi connectivity index (χ2n) is 6.93. The molecule has 0 bridgehead atoms. The first kappa shape index (κ1) is 25.6. The number of ether oxygens (including phenoxy) is 4. The van der Waals surface area contributed by atoms with Crippen molar-refractivity contribution in [1.29, 1.82) is 0 Å². The summed E-state index contributed by atoms with van der Waals surface area (Å²) < 4.78 is 20.7. The first-order chi connectivity index (χ1) is 16.0. The molecule has 0 fully saturated rings. The fourth-order valence-electron chi connectivity index (χ4n) is 2.71. The Morgan fingerprint density at radius 1 is 0.727 bits per heavy atom. The van der Waals surface area contributed by atoms with Crippen LogP contribution in [0.4, 0.5) is 0 Å². The van der Waals surface area contributed by atoms with E-state index in [0.717, 1.165) is 31.8 Å². The molecule has 33 heavy (non-hydrogen) atoms. The van der Waals surface area contributed by atoms with E-state index in [1.807, 2.05) is 0 Å². The Labute approximate surface area is 192 Å². The van der Waals surface area contributed by atoms with Crippen molar-refractivity contribution < 1.29 is 38.4 Å². The normalized spacial score (nSPS) is 10.2. The van der Waals surface area contributed by atoms with E-state index in [1.54, 1.807) is 24.3 Å². The van der Waals surface area contributed by atoms with Crippen molar-refractivity contribution in [3.8, 4) is 11.5 Å². The molecule has 0 unspecified atom stereocenters. The highest BCUT2D eigenvalue weighted by Gasteiger charge is 2.11. The lowest BCUT2D eigenvalue weighted by atomic mass is 10.2. The Morgan fingerprint density at radius 2 is 1.30 bits per heavy atom. The van der Waals surface area contributed by atoms with Crippen molar-refractivity contribution in [2.75, 3.05) is 26.4 Å². The van der Waals surface area contributed by atoms with E-state index in [0.29, 0.717) is 35.8 Å². The van der Waals surface area contributed by atoms with Crippen molar-refractivity contribution in [2.45, 2.75) is 25.7 Å². The average Bonchev–Trinajstić information content (AvgIpc) is 2.84. The van der Waals surface area contributed by atoms with Crippen molar-refractivity contribution >= 4 is 17.9 Å². The minimum Gasteiger partial charge on any atom is -0.494 e. The van der Waals surface area contributed by atoms with Gasteiger partial charge in [0.2, 0.25) is 0 Å². The van der Waals surface area contributed by atoms with Crippen molar-refractivity contribution in [2.24, 2.45) is 0 Å². The van der Waals surface area contributed by atoms with Gasteiger partial charge in [-0.2, -0.15) is 0 Å². The summed E-state index contributed by atoms with van der Waals surface area (Å²) in [4.78, 5) is 34.9. The number of aliphatic hydroxyl groups excluding tert-OH is 1. The summed E-state index contributed by atoms with van der Waals surface area (Å²) >= 11 is 0. The number of carbonyl (C=O) groups excluding carboxylic acids is 3. The highest BCUT2D eigenvalue weighted by Crippen LogP contribution is 2.17.